The van der Waals surface area contributed by atoms with Crippen LogP contribution >= 0.6 is 0 Å². The van der Waals surface area contributed by atoms with Crippen molar-refractivity contribution in [2.24, 2.45) is 11.8 Å². The molecule has 17 heavy (non-hydrogen) atoms. The van der Waals surface area contributed by atoms with Crippen LogP contribution in [0, 0.1) is 11.8 Å². The average Bonchev–Trinajstić information content (AvgIpc) is 2.25. The summed E-state index contributed by atoms with van der Waals surface area (Å²) >= 11 is 0. The molecule has 4 heteroatoms. The number of carboxylic acid groups (broad SMARTS) is 1. The summed E-state index contributed by atoms with van der Waals surface area (Å²) < 4.78 is 4.17. The van der Waals surface area contributed by atoms with E-state index in [1.807, 2.05) is 6.92 Å². The van der Waals surface area contributed by atoms with Gasteiger partial charge in [0.1, 0.15) is 0 Å². The van der Waals surface area contributed by atoms with Crippen molar-refractivity contribution in [3.05, 3.63) is 12.8 Å². The van der Waals surface area contributed by atoms with Gasteiger partial charge in [0.15, 0.2) is 0 Å². The van der Waals surface area contributed by atoms with E-state index in [4.69, 9.17) is 5.11 Å². The first-order chi connectivity index (χ1) is 7.88. The maximum atomic E-state index is 10.6. The van der Waals surface area contributed by atoms with Gasteiger partial charge in [0.25, 0.3) is 0 Å². The van der Waals surface area contributed by atoms with Gasteiger partial charge in [-0.25, -0.2) is 0 Å². The smallest absolute Gasteiger partial charge is 0.307 e. The number of ether oxygens (including phenoxy) is 1. The summed E-state index contributed by atoms with van der Waals surface area (Å²) in [5, 5.41) is 8.72. The summed E-state index contributed by atoms with van der Waals surface area (Å²) in [5.41, 5.74) is 0. The Hall–Kier alpha value is -1.32. The van der Waals surface area contributed by atoms with Crippen molar-refractivity contribution in [3.8, 4) is 0 Å². The molecule has 0 heterocycles. The zero-order valence-corrected chi connectivity index (χ0v) is 11.2. The SMILES string of the molecule is C=COC(C)=O.CCC(C)CC(CC)C(=O)O. The molecule has 0 aliphatic rings. The number of carbonyl (C=O) groups is 2. The third-order valence-corrected chi connectivity index (χ3v) is 2.48. The highest BCUT2D eigenvalue weighted by molar-refractivity contribution is 5.69. The molecule has 1 N–H and O–H groups in total. The average molecular weight is 244 g/mol. The van der Waals surface area contributed by atoms with Crippen molar-refractivity contribution in [2.75, 3.05) is 0 Å². The molecule has 0 bridgehead atoms. The third kappa shape index (κ3) is 12.6. The number of hydrogen-bond donors (Lipinski definition) is 1. The van der Waals surface area contributed by atoms with Gasteiger partial charge in [-0.15, -0.1) is 0 Å². The van der Waals surface area contributed by atoms with Crippen molar-refractivity contribution in [3.63, 3.8) is 0 Å². The lowest BCUT2D eigenvalue weighted by atomic mass is 9.92. The van der Waals surface area contributed by atoms with Gasteiger partial charge in [-0.05, 0) is 18.8 Å². The topological polar surface area (TPSA) is 63.6 Å². The number of rotatable bonds is 6. The number of aliphatic carboxylic acids is 1. The predicted molar refractivity (Wildman–Crippen MR) is 67.5 cm³/mol. The van der Waals surface area contributed by atoms with Crippen LogP contribution in [0.2, 0.25) is 0 Å². The molecule has 0 spiro atoms. The monoisotopic (exact) mass is 244 g/mol. The minimum absolute atomic E-state index is 0.134. The van der Waals surface area contributed by atoms with Crippen molar-refractivity contribution in [2.45, 2.75) is 47.0 Å². The summed E-state index contributed by atoms with van der Waals surface area (Å²) in [6.45, 7) is 10.6. The van der Waals surface area contributed by atoms with Crippen molar-refractivity contribution in [1.29, 1.82) is 0 Å². The van der Waals surface area contributed by atoms with E-state index in [2.05, 4.69) is 25.2 Å². The minimum atomic E-state index is -0.646. The zero-order chi connectivity index (χ0) is 13.8. The van der Waals surface area contributed by atoms with E-state index >= 15 is 0 Å². The van der Waals surface area contributed by atoms with E-state index < -0.39 is 5.97 Å². The normalized spacial score (nSPS) is 12.7. The summed E-state index contributed by atoms with van der Waals surface area (Å²) in [6, 6.07) is 0. The number of esters is 1. The zero-order valence-electron chi connectivity index (χ0n) is 11.2. The summed E-state index contributed by atoms with van der Waals surface area (Å²) in [7, 11) is 0. The van der Waals surface area contributed by atoms with E-state index in [0.29, 0.717) is 5.92 Å². The molecule has 0 amide bonds. The first kappa shape index (κ1) is 18.1. The van der Waals surface area contributed by atoms with Crippen LogP contribution in [0.25, 0.3) is 0 Å². The Kier molecular flexibility index (Phi) is 11.9. The molecule has 0 aromatic carbocycles. The van der Waals surface area contributed by atoms with Crippen LogP contribution < -0.4 is 0 Å². The second kappa shape index (κ2) is 11.2. The number of carboxylic acids is 1. The molecule has 0 rings (SSSR count). The molecule has 4 nitrogen and oxygen atoms in total. The van der Waals surface area contributed by atoms with Crippen LogP contribution in [0.3, 0.4) is 0 Å². The van der Waals surface area contributed by atoms with Gasteiger partial charge in [0.2, 0.25) is 0 Å². The van der Waals surface area contributed by atoms with Gasteiger partial charge >= 0.3 is 11.9 Å². The van der Waals surface area contributed by atoms with E-state index in [1.165, 1.54) is 6.92 Å². The quantitative estimate of drug-likeness (QED) is 0.575. The highest BCUT2D eigenvalue weighted by Crippen LogP contribution is 2.17. The van der Waals surface area contributed by atoms with Gasteiger partial charge in [-0.2, -0.15) is 0 Å². The van der Waals surface area contributed by atoms with Crippen LogP contribution in [0.4, 0.5) is 0 Å². The predicted octanol–water partition coefficient (Wildman–Crippen LogP) is 3.23. The molecule has 0 saturated carbocycles. The fraction of sp³-hybridized carbons (Fsp3) is 0.692. The lowest BCUT2D eigenvalue weighted by Gasteiger charge is -2.13. The van der Waals surface area contributed by atoms with Gasteiger partial charge in [0, 0.05) is 6.92 Å². The molecule has 0 saturated heterocycles. The second-order valence-electron chi connectivity index (χ2n) is 3.97. The van der Waals surface area contributed by atoms with Crippen LogP contribution in [0.1, 0.15) is 47.0 Å². The fourth-order valence-corrected chi connectivity index (χ4v) is 1.21. The largest absolute Gasteiger partial charge is 0.481 e. The first-order valence-electron chi connectivity index (χ1n) is 5.89. The summed E-state index contributed by atoms with van der Waals surface area (Å²) in [4.78, 5) is 20.3. The number of hydrogen-bond acceptors (Lipinski definition) is 3. The van der Waals surface area contributed by atoms with Gasteiger partial charge < -0.3 is 9.84 Å². The van der Waals surface area contributed by atoms with Crippen LogP contribution in [0.15, 0.2) is 12.8 Å². The Morgan fingerprint density at radius 2 is 1.88 bits per heavy atom. The first-order valence-corrected chi connectivity index (χ1v) is 5.89. The molecule has 2 atom stereocenters. The van der Waals surface area contributed by atoms with Crippen LogP contribution in [-0.2, 0) is 14.3 Å². The maximum Gasteiger partial charge on any atom is 0.307 e. The molecule has 0 aromatic rings. The lowest BCUT2D eigenvalue weighted by Crippen LogP contribution is -2.15. The summed E-state index contributed by atoms with van der Waals surface area (Å²) in [5.74, 6) is -0.571. The van der Waals surface area contributed by atoms with Gasteiger partial charge in [-0.3, -0.25) is 9.59 Å². The Morgan fingerprint density at radius 3 is 2.06 bits per heavy atom. The van der Waals surface area contributed by atoms with Crippen LogP contribution in [-0.4, -0.2) is 17.0 Å². The molecule has 0 aliphatic carbocycles. The highest BCUT2D eigenvalue weighted by atomic mass is 16.5. The van der Waals surface area contributed by atoms with Crippen molar-refractivity contribution < 1.29 is 19.4 Å². The molecule has 0 fully saturated rings. The molecule has 0 aliphatic heterocycles. The second-order valence-corrected chi connectivity index (χ2v) is 3.97. The van der Waals surface area contributed by atoms with Gasteiger partial charge in [-0.1, -0.05) is 33.8 Å². The third-order valence-electron chi connectivity index (χ3n) is 2.48. The van der Waals surface area contributed by atoms with E-state index in [0.717, 1.165) is 25.5 Å². The highest BCUT2D eigenvalue weighted by Gasteiger charge is 2.16. The molecule has 100 valence electrons. The maximum absolute atomic E-state index is 10.6. The lowest BCUT2D eigenvalue weighted by molar-refractivity contribution is -0.142. The Bertz CT molecular complexity index is 236. The van der Waals surface area contributed by atoms with Crippen molar-refractivity contribution in [1.82, 2.24) is 0 Å². The molecule has 0 aromatic heterocycles. The molecule has 0 radical (unpaired) electrons. The number of carbonyl (C=O) groups excluding carboxylic acids is 1. The minimum Gasteiger partial charge on any atom is -0.481 e. The molecular formula is C13H24O4. The summed E-state index contributed by atoms with van der Waals surface area (Å²) in [6.07, 6.45) is 3.74. The Balaban J connectivity index is 0. The van der Waals surface area contributed by atoms with Crippen molar-refractivity contribution >= 4 is 11.9 Å². The van der Waals surface area contributed by atoms with Gasteiger partial charge in [0.05, 0.1) is 12.2 Å². The van der Waals surface area contributed by atoms with E-state index in [1.54, 1.807) is 0 Å². The van der Waals surface area contributed by atoms with Crippen LogP contribution in [0.5, 0.6) is 0 Å². The van der Waals surface area contributed by atoms with E-state index in [-0.39, 0.29) is 11.9 Å². The molecule has 2 unspecified atom stereocenters. The van der Waals surface area contributed by atoms with E-state index in [9.17, 15) is 9.59 Å². The standard InChI is InChI=1S/C9H18O2.C4H6O2/c1-4-7(3)6-8(5-2)9(10)11;1-3-6-4(2)5/h7-8H,4-6H2,1-3H3,(H,10,11);3H,1H2,2H3. The molecular weight excluding hydrogens is 220 g/mol. The fourth-order valence-electron chi connectivity index (χ4n) is 1.21. The Morgan fingerprint density at radius 1 is 1.35 bits per heavy atom. The Labute approximate surface area is 104 Å².